The molecular weight excluding hydrogens is 270 g/mol. The number of carbonyl (C=O) groups is 1. The first-order chi connectivity index (χ1) is 9.70. The van der Waals surface area contributed by atoms with Crippen molar-refractivity contribution in [3.05, 3.63) is 41.4 Å². The zero-order chi connectivity index (χ0) is 14.4. The molecule has 20 heavy (non-hydrogen) atoms. The molecule has 106 valence electrons. The van der Waals surface area contributed by atoms with E-state index in [-0.39, 0.29) is 11.8 Å². The molecule has 2 rings (SSSR count). The van der Waals surface area contributed by atoms with Crippen molar-refractivity contribution in [2.75, 3.05) is 13.6 Å². The Bertz CT molecular complexity index is 553. The Balaban J connectivity index is 1.92. The van der Waals surface area contributed by atoms with Gasteiger partial charge >= 0.3 is 0 Å². The van der Waals surface area contributed by atoms with E-state index in [0.29, 0.717) is 13.1 Å². The van der Waals surface area contributed by atoms with E-state index in [1.165, 1.54) is 0 Å². The Morgan fingerprint density at radius 1 is 1.35 bits per heavy atom. The van der Waals surface area contributed by atoms with Crippen molar-refractivity contribution in [3.8, 4) is 10.6 Å². The smallest absolute Gasteiger partial charge is 0.224 e. The molecule has 1 unspecified atom stereocenters. The van der Waals surface area contributed by atoms with Crippen LogP contribution in [0.1, 0.15) is 12.6 Å². The summed E-state index contributed by atoms with van der Waals surface area (Å²) in [5.41, 5.74) is 2.01. The predicted octanol–water partition coefficient (Wildman–Crippen LogP) is 2.28. The molecule has 0 saturated heterocycles. The average molecular weight is 289 g/mol. The van der Waals surface area contributed by atoms with Crippen LogP contribution in [0.2, 0.25) is 0 Å². The highest BCUT2D eigenvalue weighted by Gasteiger charge is 2.12. The van der Waals surface area contributed by atoms with Gasteiger partial charge in [-0.05, 0) is 7.05 Å². The molecule has 1 aromatic heterocycles. The fourth-order valence-electron chi connectivity index (χ4n) is 1.85. The van der Waals surface area contributed by atoms with Gasteiger partial charge in [0.05, 0.1) is 12.2 Å². The van der Waals surface area contributed by atoms with Gasteiger partial charge < -0.3 is 10.6 Å². The standard InChI is InChI=1S/C15H19N3OS/c1-11(8-16-2)14(19)17-9-13-10-20-15(18-13)12-6-4-3-5-7-12/h3-7,10-11,16H,8-9H2,1-2H3,(H,17,19). The Morgan fingerprint density at radius 3 is 2.80 bits per heavy atom. The lowest BCUT2D eigenvalue weighted by Gasteiger charge is -2.10. The Hall–Kier alpha value is -1.72. The monoisotopic (exact) mass is 289 g/mol. The minimum absolute atomic E-state index is 0.0350. The number of nitrogens with one attached hydrogen (secondary N) is 2. The summed E-state index contributed by atoms with van der Waals surface area (Å²) in [6.45, 7) is 3.07. The van der Waals surface area contributed by atoms with Crippen LogP contribution in [0.15, 0.2) is 35.7 Å². The molecule has 2 aromatic rings. The van der Waals surface area contributed by atoms with E-state index < -0.39 is 0 Å². The number of benzene rings is 1. The van der Waals surface area contributed by atoms with Crippen LogP contribution in [0.4, 0.5) is 0 Å². The molecule has 0 aliphatic heterocycles. The summed E-state index contributed by atoms with van der Waals surface area (Å²) in [5.74, 6) is 0.0147. The third-order valence-corrected chi connectivity index (χ3v) is 3.91. The van der Waals surface area contributed by atoms with Crippen molar-refractivity contribution in [3.63, 3.8) is 0 Å². The van der Waals surface area contributed by atoms with Gasteiger partial charge in [0, 0.05) is 23.4 Å². The SMILES string of the molecule is CNCC(C)C(=O)NCc1csc(-c2ccccc2)n1. The first kappa shape index (κ1) is 14.7. The molecule has 1 atom stereocenters. The molecule has 0 fully saturated rings. The maximum Gasteiger partial charge on any atom is 0.224 e. The van der Waals surface area contributed by atoms with E-state index in [2.05, 4.69) is 15.6 Å². The highest BCUT2D eigenvalue weighted by Crippen LogP contribution is 2.23. The summed E-state index contributed by atoms with van der Waals surface area (Å²) >= 11 is 1.60. The van der Waals surface area contributed by atoms with Crippen LogP contribution in [0.5, 0.6) is 0 Å². The predicted molar refractivity (Wildman–Crippen MR) is 82.5 cm³/mol. The third-order valence-electron chi connectivity index (χ3n) is 2.97. The molecular formula is C15H19N3OS. The minimum atomic E-state index is -0.0350. The van der Waals surface area contributed by atoms with Crippen LogP contribution in [0, 0.1) is 5.92 Å². The van der Waals surface area contributed by atoms with Crippen molar-refractivity contribution in [1.82, 2.24) is 15.6 Å². The maximum atomic E-state index is 11.8. The number of aromatic nitrogens is 1. The van der Waals surface area contributed by atoms with Crippen molar-refractivity contribution >= 4 is 17.2 Å². The second-order valence-electron chi connectivity index (χ2n) is 4.69. The lowest BCUT2D eigenvalue weighted by atomic mass is 10.1. The van der Waals surface area contributed by atoms with E-state index in [1.54, 1.807) is 11.3 Å². The summed E-state index contributed by atoms with van der Waals surface area (Å²) in [4.78, 5) is 16.4. The Kier molecular flexibility index (Phi) is 5.26. The number of hydrogen-bond donors (Lipinski definition) is 2. The lowest BCUT2D eigenvalue weighted by molar-refractivity contribution is -0.124. The van der Waals surface area contributed by atoms with Crippen molar-refractivity contribution in [1.29, 1.82) is 0 Å². The molecule has 0 saturated carbocycles. The van der Waals surface area contributed by atoms with Gasteiger partial charge in [-0.25, -0.2) is 4.98 Å². The molecule has 1 aromatic carbocycles. The maximum absolute atomic E-state index is 11.8. The highest BCUT2D eigenvalue weighted by atomic mass is 32.1. The van der Waals surface area contributed by atoms with Gasteiger partial charge in [-0.15, -0.1) is 11.3 Å². The van der Waals surface area contributed by atoms with E-state index in [1.807, 2.05) is 49.7 Å². The summed E-state index contributed by atoms with van der Waals surface area (Å²) in [6, 6.07) is 10.1. The Labute approximate surface area is 123 Å². The van der Waals surface area contributed by atoms with E-state index in [9.17, 15) is 4.79 Å². The van der Waals surface area contributed by atoms with Crippen LogP contribution in [-0.4, -0.2) is 24.5 Å². The molecule has 0 aliphatic carbocycles. The number of carbonyl (C=O) groups excluding carboxylic acids is 1. The summed E-state index contributed by atoms with van der Waals surface area (Å²) in [5, 5.41) is 8.89. The summed E-state index contributed by atoms with van der Waals surface area (Å²) in [7, 11) is 1.84. The van der Waals surface area contributed by atoms with Gasteiger partial charge in [0.1, 0.15) is 5.01 Å². The molecule has 0 radical (unpaired) electrons. The van der Waals surface area contributed by atoms with Crippen LogP contribution in [0.25, 0.3) is 10.6 Å². The van der Waals surface area contributed by atoms with Crippen molar-refractivity contribution in [2.24, 2.45) is 5.92 Å². The van der Waals surface area contributed by atoms with Crippen LogP contribution >= 0.6 is 11.3 Å². The molecule has 0 bridgehead atoms. The number of thiazole rings is 1. The van der Waals surface area contributed by atoms with E-state index in [4.69, 9.17) is 0 Å². The molecule has 2 N–H and O–H groups in total. The van der Waals surface area contributed by atoms with Gasteiger partial charge in [0.2, 0.25) is 5.91 Å². The second-order valence-corrected chi connectivity index (χ2v) is 5.54. The first-order valence-electron chi connectivity index (χ1n) is 6.63. The highest BCUT2D eigenvalue weighted by molar-refractivity contribution is 7.13. The zero-order valence-corrected chi connectivity index (χ0v) is 12.5. The quantitative estimate of drug-likeness (QED) is 0.858. The molecule has 5 heteroatoms. The number of hydrogen-bond acceptors (Lipinski definition) is 4. The van der Waals surface area contributed by atoms with E-state index >= 15 is 0 Å². The summed E-state index contributed by atoms with van der Waals surface area (Å²) < 4.78 is 0. The second kappa shape index (κ2) is 7.17. The molecule has 4 nitrogen and oxygen atoms in total. The van der Waals surface area contributed by atoms with Gasteiger partial charge in [-0.3, -0.25) is 4.79 Å². The number of nitrogens with zero attached hydrogens (tertiary/aromatic N) is 1. The fourth-order valence-corrected chi connectivity index (χ4v) is 2.68. The van der Waals surface area contributed by atoms with Crippen LogP contribution in [0.3, 0.4) is 0 Å². The normalized spacial score (nSPS) is 12.1. The third kappa shape index (κ3) is 3.88. The minimum Gasteiger partial charge on any atom is -0.350 e. The van der Waals surface area contributed by atoms with Crippen LogP contribution < -0.4 is 10.6 Å². The largest absolute Gasteiger partial charge is 0.350 e. The topological polar surface area (TPSA) is 54.0 Å². The van der Waals surface area contributed by atoms with Gasteiger partial charge in [-0.2, -0.15) is 0 Å². The number of amides is 1. The molecule has 1 heterocycles. The van der Waals surface area contributed by atoms with Crippen molar-refractivity contribution < 1.29 is 4.79 Å². The molecule has 1 amide bonds. The van der Waals surface area contributed by atoms with Crippen LogP contribution in [-0.2, 0) is 11.3 Å². The number of rotatable bonds is 6. The molecule has 0 aliphatic rings. The fraction of sp³-hybridized carbons (Fsp3) is 0.333. The van der Waals surface area contributed by atoms with Gasteiger partial charge in [0.15, 0.2) is 0 Å². The summed E-state index contributed by atoms with van der Waals surface area (Å²) in [6.07, 6.45) is 0. The van der Waals surface area contributed by atoms with E-state index in [0.717, 1.165) is 16.3 Å². The van der Waals surface area contributed by atoms with Crippen molar-refractivity contribution in [2.45, 2.75) is 13.5 Å². The average Bonchev–Trinajstić information content (AvgIpc) is 2.95. The Morgan fingerprint density at radius 2 is 2.10 bits per heavy atom. The van der Waals surface area contributed by atoms with Gasteiger partial charge in [-0.1, -0.05) is 37.3 Å². The zero-order valence-electron chi connectivity index (χ0n) is 11.7. The first-order valence-corrected chi connectivity index (χ1v) is 7.51. The molecule has 0 spiro atoms. The lowest BCUT2D eigenvalue weighted by Crippen LogP contribution is -2.33. The van der Waals surface area contributed by atoms with Gasteiger partial charge in [0.25, 0.3) is 0 Å².